The van der Waals surface area contributed by atoms with Crippen LogP contribution in [0.4, 0.5) is 4.39 Å². The highest BCUT2D eigenvalue weighted by atomic mass is 19.1. The van der Waals surface area contributed by atoms with Gasteiger partial charge in [0.15, 0.2) is 17.5 Å². The van der Waals surface area contributed by atoms with Gasteiger partial charge in [0.25, 0.3) is 0 Å². The van der Waals surface area contributed by atoms with Gasteiger partial charge in [-0.2, -0.15) is 0 Å². The van der Waals surface area contributed by atoms with E-state index in [0.717, 1.165) is 26.2 Å². The molecule has 0 heterocycles. The Morgan fingerprint density at radius 2 is 1.96 bits per heavy atom. The third-order valence-corrected chi connectivity index (χ3v) is 3.15. The molecule has 1 atom stereocenters. The first-order valence-corrected chi connectivity index (χ1v) is 8.46. The number of halogens is 1. The van der Waals surface area contributed by atoms with Crippen LogP contribution in [0.2, 0.25) is 0 Å². The first-order chi connectivity index (χ1) is 11.5. The molecule has 0 spiro atoms. The minimum atomic E-state index is -0.353. The predicted molar refractivity (Wildman–Crippen MR) is 96.1 cm³/mol. The van der Waals surface area contributed by atoms with E-state index in [1.807, 2.05) is 6.92 Å². The molecule has 0 saturated heterocycles. The summed E-state index contributed by atoms with van der Waals surface area (Å²) < 4.78 is 24.7. The normalized spacial score (nSPS) is 13.0. The fourth-order valence-corrected chi connectivity index (χ4v) is 1.96. The van der Waals surface area contributed by atoms with Crippen molar-refractivity contribution >= 4 is 5.96 Å². The van der Waals surface area contributed by atoms with Gasteiger partial charge in [0.2, 0.25) is 0 Å². The van der Waals surface area contributed by atoms with Gasteiger partial charge in [0.1, 0.15) is 6.10 Å². The number of para-hydroxylation sites is 1. The Morgan fingerprint density at radius 1 is 1.21 bits per heavy atom. The van der Waals surface area contributed by atoms with Crippen molar-refractivity contribution in [3.63, 3.8) is 0 Å². The summed E-state index contributed by atoms with van der Waals surface area (Å²) in [7, 11) is 1.72. The highest BCUT2D eigenvalue weighted by molar-refractivity contribution is 5.79. The topological polar surface area (TPSA) is 54.9 Å². The second-order valence-electron chi connectivity index (χ2n) is 6.06. The second-order valence-corrected chi connectivity index (χ2v) is 6.06. The van der Waals surface area contributed by atoms with E-state index < -0.39 is 0 Å². The fraction of sp³-hybridized carbons (Fsp3) is 0.611. The largest absolute Gasteiger partial charge is 0.486 e. The lowest BCUT2D eigenvalue weighted by molar-refractivity contribution is 0.108. The first kappa shape index (κ1) is 20.2. The molecular formula is C18H30FN3O2. The molecule has 5 nitrogen and oxygen atoms in total. The molecular weight excluding hydrogens is 309 g/mol. The van der Waals surface area contributed by atoms with Gasteiger partial charge < -0.3 is 20.1 Å². The average molecular weight is 339 g/mol. The zero-order valence-electron chi connectivity index (χ0n) is 15.1. The van der Waals surface area contributed by atoms with Crippen LogP contribution in [-0.2, 0) is 4.74 Å². The van der Waals surface area contributed by atoms with E-state index in [1.165, 1.54) is 6.07 Å². The van der Waals surface area contributed by atoms with Crippen LogP contribution >= 0.6 is 0 Å². The lowest BCUT2D eigenvalue weighted by Crippen LogP contribution is -2.42. The Bertz CT molecular complexity index is 495. The summed E-state index contributed by atoms with van der Waals surface area (Å²) in [6, 6.07) is 6.40. The number of ether oxygens (including phenoxy) is 2. The Hall–Kier alpha value is -1.82. The van der Waals surface area contributed by atoms with Gasteiger partial charge >= 0.3 is 0 Å². The van der Waals surface area contributed by atoms with Gasteiger partial charge in [-0.25, -0.2) is 4.39 Å². The third kappa shape index (κ3) is 8.72. The predicted octanol–water partition coefficient (Wildman–Crippen LogP) is 2.82. The second kappa shape index (κ2) is 11.7. The van der Waals surface area contributed by atoms with E-state index in [0.29, 0.717) is 18.4 Å². The molecule has 1 aromatic carbocycles. The highest BCUT2D eigenvalue weighted by Gasteiger charge is 2.08. The standard InChI is InChI=1S/C18H30FN3O2/c1-14(2)13-23-11-7-10-21-18(20-4)22-12-15(3)24-17-9-6-5-8-16(17)19/h5-6,8-9,14-15H,7,10-13H2,1-4H3,(H2,20,21,22). The molecule has 1 unspecified atom stereocenters. The number of aliphatic imine (C=N–C) groups is 1. The van der Waals surface area contributed by atoms with Crippen molar-refractivity contribution < 1.29 is 13.9 Å². The van der Waals surface area contributed by atoms with Crippen LogP contribution < -0.4 is 15.4 Å². The zero-order valence-corrected chi connectivity index (χ0v) is 15.1. The lowest BCUT2D eigenvalue weighted by atomic mass is 10.2. The summed E-state index contributed by atoms with van der Waals surface area (Å²) in [6.07, 6.45) is 0.726. The third-order valence-electron chi connectivity index (χ3n) is 3.15. The Morgan fingerprint density at radius 3 is 2.62 bits per heavy atom. The maximum Gasteiger partial charge on any atom is 0.191 e. The van der Waals surface area contributed by atoms with Crippen molar-refractivity contribution in [2.75, 3.05) is 33.4 Å². The summed E-state index contributed by atoms with van der Waals surface area (Å²) in [5.74, 6) is 1.16. The minimum absolute atomic E-state index is 0.185. The Balaban J connectivity index is 2.20. The van der Waals surface area contributed by atoms with E-state index in [1.54, 1.807) is 25.2 Å². The fourth-order valence-electron chi connectivity index (χ4n) is 1.96. The number of nitrogens with zero attached hydrogens (tertiary/aromatic N) is 1. The molecule has 0 saturated carbocycles. The molecule has 136 valence electrons. The maximum atomic E-state index is 13.5. The van der Waals surface area contributed by atoms with Crippen molar-refractivity contribution in [3.05, 3.63) is 30.1 Å². The van der Waals surface area contributed by atoms with Gasteiger partial charge in [0.05, 0.1) is 6.54 Å². The van der Waals surface area contributed by atoms with Crippen LogP contribution in [0.5, 0.6) is 5.75 Å². The average Bonchev–Trinajstić information content (AvgIpc) is 2.55. The van der Waals surface area contributed by atoms with E-state index in [2.05, 4.69) is 29.5 Å². The summed E-state index contributed by atoms with van der Waals surface area (Å²) >= 11 is 0. The molecule has 1 rings (SSSR count). The Kier molecular flexibility index (Phi) is 9.84. The van der Waals surface area contributed by atoms with Gasteiger partial charge in [-0.1, -0.05) is 26.0 Å². The van der Waals surface area contributed by atoms with Gasteiger partial charge in [-0.05, 0) is 31.4 Å². The quantitative estimate of drug-likeness (QED) is 0.391. The van der Waals surface area contributed by atoms with Crippen LogP contribution in [0.3, 0.4) is 0 Å². The van der Waals surface area contributed by atoms with E-state index in [-0.39, 0.29) is 17.7 Å². The van der Waals surface area contributed by atoms with Crippen LogP contribution in [-0.4, -0.2) is 45.4 Å². The SMILES string of the molecule is CN=C(NCCCOCC(C)C)NCC(C)Oc1ccccc1F. The molecule has 0 amide bonds. The van der Waals surface area contributed by atoms with Crippen molar-refractivity contribution in [2.45, 2.75) is 33.3 Å². The number of hydrogen-bond donors (Lipinski definition) is 2. The molecule has 1 aromatic rings. The van der Waals surface area contributed by atoms with Crippen LogP contribution in [0.15, 0.2) is 29.3 Å². The molecule has 0 bridgehead atoms. The van der Waals surface area contributed by atoms with Crippen LogP contribution in [0.1, 0.15) is 27.2 Å². The molecule has 0 aromatic heterocycles. The van der Waals surface area contributed by atoms with Crippen LogP contribution in [0.25, 0.3) is 0 Å². The molecule has 0 fully saturated rings. The number of guanidine groups is 1. The molecule has 0 aliphatic carbocycles. The first-order valence-electron chi connectivity index (χ1n) is 8.46. The van der Waals surface area contributed by atoms with E-state index in [9.17, 15) is 4.39 Å². The van der Waals surface area contributed by atoms with Gasteiger partial charge in [0, 0.05) is 26.8 Å². The minimum Gasteiger partial charge on any atom is -0.486 e. The molecule has 0 aliphatic rings. The Labute approximate surface area is 144 Å². The molecule has 2 N–H and O–H groups in total. The van der Waals surface area contributed by atoms with E-state index in [4.69, 9.17) is 9.47 Å². The number of nitrogens with one attached hydrogen (secondary N) is 2. The van der Waals surface area contributed by atoms with Crippen molar-refractivity contribution in [1.29, 1.82) is 0 Å². The molecule has 24 heavy (non-hydrogen) atoms. The molecule has 6 heteroatoms. The van der Waals surface area contributed by atoms with Crippen molar-refractivity contribution in [1.82, 2.24) is 10.6 Å². The van der Waals surface area contributed by atoms with Crippen LogP contribution in [0, 0.1) is 11.7 Å². The summed E-state index contributed by atoms with van der Waals surface area (Å²) in [6.45, 7) is 8.97. The van der Waals surface area contributed by atoms with Gasteiger partial charge in [-0.15, -0.1) is 0 Å². The number of rotatable bonds is 10. The molecule has 0 radical (unpaired) electrons. The van der Waals surface area contributed by atoms with Gasteiger partial charge in [-0.3, -0.25) is 4.99 Å². The monoisotopic (exact) mass is 339 g/mol. The summed E-state index contributed by atoms with van der Waals surface area (Å²) in [5.41, 5.74) is 0. The van der Waals surface area contributed by atoms with Crippen molar-refractivity contribution in [3.8, 4) is 5.75 Å². The summed E-state index contributed by atoms with van der Waals surface area (Å²) in [4.78, 5) is 4.15. The summed E-state index contributed by atoms with van der Waals surface area (Å²) in [5, 5.41) is 6.39. The van der Waals surface area contributed by atoms with Crippen molar-refractivity contribution in [2.24, 2.45) is 10.9 Å². The zero-order chi connectivity index (χ0) is 17.8. The highest BCUT2D eigenvalue weighted by Crippen LogP contribution is 2.16. The van der Waals surface area contributed by atoms with E-state index >= 15 is 0 Å². The maximum absolute atomic E-state index is 13.5. The smallest absolute Gasteiger partial charge is 0.191 e. The number of hydrogen-bond acceptors (Lipinski definition) is 3. The number of benzene rings is 1. The molecule has 0 aliphatic heterocycles. The lowest BCUT2D eigenvalue weighted by Gasteiger charge is -2.18.